The van der Waals surface area contributed by atoms with Crippen molar-refractivity contribution in [2.24, 2.45) is 15.9 Å². The number of nitrogens with zero attached hydrogens (tertiary/aromatic N) is 4. The fourth-order valence-corrected chi connectivity index (χ4v) is 9.70. The average molecular weight is 755 g/mol. The third-order valence-electron chi connectivity index (χ3n) is 12.5. The number of rotatable bonds is 5. The Morgan fingerprint density at radius 1 is 0.458 bits per heavy atom. The number of hydrogen-bond donors (Lipinski definition) is 0. The van der Waals surface area contributed by atoms with E-state index in [9.17, 15) is 0 Å². The van der Waals surface area contributed by atoms with Crippen LogP contribution < -0.4 is 0 Å². The molecule has 1 aliphatic heterocycles. The van der Waals surface area contributed by atoms with E-state index >= 15 is 0 Å². The Balaban J connectivity index is 1.03. The van der Waals surface area contributed by atoms with Crippen molar-refractivity contribution in [3.05, 3.63) is 210 Å². The minimum absolute atomic E-state index is 0.0487. The standard InChI is InChI=1S/C55H38N4/c1-34-52(39-27-28-43-41(32-39)31-38-16-5-6-19-42(38)43)57-53(58-54(34)59-51-25-12-11-24-50(51)56-55(59)35-14-3-2-4-15-35)40-18-13-17-36(30-40)37-26-29-48-46-22-8-7-20-44(46)45-21-9-10-23-47(45)49(48)33-37/h2-30,32-34,54H,31H2,1H3. The lowest BCUT2D eigenvalue weighted by molar-refractivity contribution is 0.454. The number of amidine groups is 1. The Kier molecular flexibility index (Phi) is 7.61. The molecule has 0 saturated heterocycles. The summed E-state index contributed by atoms with van der Waals surface area (Å²) in [5.74, 6) is 1.58. The van der Waals surface area contributed by atoms with Gasteiger partial charge in [-0.2, -0.15) is 0 Å². The van der Waals surface area contributed by atoms with Crippen molar-refractivity contribution >= 4 is 54.9 Å². The molecule has 4 nitrogen and oxygen atoms in total. The lowest BCUT2D eigenvalue weighted by Crippen LogP contribution is -2.30. The normalized spacial score (nSPS) is 16.0. The van der Waals surface area contributed by atoms with Crippen LogP contribution in [0.1, 0.15) is 35.3 Å². The zero-order valence-corrected chi connectivity index (χ0v) is 32.5. The highest BCUT2D eigenvalue weighted by molar-refractivity contribution is 6.25. The average Bonchev–Trinajstić information content (AvgIpc) is 3.88. The largest absolute Gasteiger partial charge is 0.300 e. The van der Waals surface area contributed by atoms with Crippen molar-refractivity contribution in [3.8, 4) is 33.6 Å². The molecule has 12 rings (SSSR count). The van der Waals surface area contributed by atoms with Crippen LogP contribution >= 0.6 is 0 Å². The maximum atomic E-state index is 5.60. The summed E-state index contributed by atoms with van der Waals surface area (Å²) in [6, 6.07) is 67.8. The van der Waals surface area contributed by atoms with Gasteiger partial charge in [-0.3, -0.25) is 0 Å². The van der Waals surface area contributed by atoms with Crippen LogP contribution in [-0.4, -0.2) is 21.1 Å². The number of hydrogen-bond acceptors (Lipinski definition) is 3. The maximum absolute atomic E-state index is 5.60. The molecular formula is C55H38N4. The van der Waals surface area contributed by atoms with Gasteiger partial charge >= 0.3 is 0 Å². The van der Waals surface area contributed by atoms with Gasteiger partial charge in [-0.05, 0) is 108 Å². The molecule has 0 radical (unpaired) electrons. The summed E-state index contributed by atoms with van der Waals surface area (Å²) < 4.78 is 2.34. The van der Waals surface area contributed by atoms with Gasteiger partial charge in [0, 0.05) is 17.0 Å². The maximum Gasteiger partial charge on any atom is 0.156 e. The molecule has 0 bridgehead atoms. The molecule has 2 heterocycles. The summed E-state index contributed by atoms with van der Waals surface area (Å²) in [5.41, 5.74) is 13.9. The van der Waals surface area contributed by atoms with Gasteiger partial charge in [0.05, 0.1) is 16.7 Å². The van der Waals surface area contributed by atoms with Crippen LogP contribution in [0.25, 0.3) is 77.0 Å². The number of fused-ring (bicyclic) bond motifs is 10. The summed E-state index contributed by atoms with van der Waals surface area (Å²) in [5, 5.41) is 7.62. The second-order valence-electron chi connectivity index (χ2n) is 16.0. The smallest absolute Gasteiger partial charge is 0.156 e. The molecule has 4 heteroatoms. The molecule has 0 spiro atoms. The fourth-order valence-electron chi connectivity index (χ4n) is 9.70. The lowest BCUT2D eigenvalue weighted by atomic mass is 9.90. The van der Waals surface area contributed by atoms with Crippen molar-refractivity contribution in [3.63, 3.8) is 0 Å². The summed E-state index contributed by atoms with van der Waals surface area (Å²) >= 11 is 0. The van der Waals surface area contributed by atoms with Crippen molar-refractivity contribution in [2.45, 2.75) is 19.5 Å². The number of benzene rings is 9. The van der Waals surface area contributed by atoms with Crippen LogP contribution in [0, 0.1) is 5.92 Å². The van der Waals surface area contributed by atoms with E-state index in [1.807, 2.05) is 0 Å². The molecule has 9 aromatic carbocycles. The third-order valence-corrected chi connectivity index (χ3v) is 12.5. The predicted molar refractivity (Wildman–Crippen MR) is 246 cm³/mol. The van der Waals surface area contributed by atoms with Gasteiger partial charge in [0.1, 0.15) is 12.0 Å². The Morgan fingerprint density at radius 2 is 1.07 bits per heavy atom. The number of para-hydroxylation sites is 2. The minimum Gasteiger partial charge on any atom is -0.300 e. The third kappa shape index (κ3) is 5.40. The topological polar surface area (TPSA) is 42.5 Å². The Labute approximate surface area is 342 Å². The first kappa shape index (κ1) is 33.7. The van der Waals surface area contributed by atoms with E-state index in [-0.39, 0.29) is 12.1 Å². The Bertz CT molecular complexity index is 3350. The Hall–Kier alpha value is -7.43. The van der Waals surface area contributed by atoms with Crippen molar-refractivity contribution < 1.29 is 0 Å². The highest BCUT2D eigenvalue weighted by Gasteiger charge is 2.33. The van der Waals surface area contributed by atoms with Crippen LogP contribution in [-0.2, 0) is 6.42 Å². The molecule has 0 amide bonds. The van der Waals surface area contributed by atoms with E-state index in [2.05, 4.69) is 200 Å². The first-order valence-corrected chi connectivity index (χ1v) is 20.5. The van der Waals surface area contributed by atoms with Crippen LogP contribution in [0.15, 0.2) is 198 Å². The second-order valence-corrected chi connectivity index (χ2v) is 16.0. The van der Waals surface area contributed by atoms with Gasteiger partial charge in [0.2, 0.25) is 0 Å². The second kappa shape index (κ2) is 13.3. The zero-order chi connectivity index (χ0) is 39.0. The molecule has 0 saturated carbocycles. The lowest BCUT2D eigenvalue weighted by Gasteiger charge is -2.30. The fraction of sp³-hybridized carbons (Fsp3) is 0.0727. The Morgan fingerprint density at radius 3 is 1.88 bits per heavy atom. The van der Waals surface area contributed by atoms with Crippen LogP contribution in [0.3, 0.4) is 0 Å². The summed E-state index contributed by atoms with van der Waals surface area (Å²) in [6.07, 6.45) is 0.628. The van der Waals surface area contributed by atoms with Crippen molar-refractivity contribution in [1.82, 2.24) is 9.55 Å². The molecule has 278 valence electrons. The van der Waals surface area contributed by atoms with E-state index in [0.29, 0.717) is 0 Å². The highest BCUT2D eigenvalue weighted by Crippen LogP contribution is 2.41. The van der Waals surface area contributed by atoms with Gasteiger partial charge in [-0.15, -0.1) is 0 Å². The molecule has 10 aromatic rings. The van der Waals surface area contributed by atoms with E-state index in [0.717, 1.165) is 62.6 Å². The van der Waals surface area contributed by atoms with Crippen LogP contribution in [0.5, 0.6) is 0 Å². The van der Waals surface area contributed by atoms with E-state index in [1.54, 1.807) is 0 Å². The monoisotopic (exact) mass is 754 g/mol. The van der Waals surface area contributed by atoms with Gasteiger partial charge < -0.3 is 4.57 Å². The van der Waals surface area contributed by atoms with Crippen LogP contribution in [0.4, 0.5) is 0 Å². The molecule has 1 aliphatic carbocycles. The molecule has 59 heavy (non-hydrogen) atoms. The van der Waals surface area contributed by atoms with E-state index < -0.39 is 0 Å². The molecule has 2 atom stereocenters. The van der Waals surface area contributed by atoms with E-state index in [1.165, 1.54) is 54.6 Å². The molecule has 0 fully saturated rings. The van der Waals surface area contributed by atoms with Crippen molar-refractivity contribution in [1.29, 1.82) is 0 Å². The number of imidazole rings is 1. The molecule has 2 aliphatic rings. The molecule has 2 unspecified atom stereocenters. The molecule has 0 N–H and O–H groups in total. The zero-order valence-electron chi connectivity index (χ0n) is 32.5. The number of aromatic nitrogens is 2. The summed E-state index contributed by atoms with van der Waals surface area (Å²) in [6.45, 7) is 2.27. The first-order valence-electron chi connectivity index (χ1n) is 20.5. The minimum atomic E-state index is -0.297. The summed E-state index contributed by atoms with van der Waals surface area (Å²) in [7, 11) is 0. The van der Waals surface area contributed by atoms with Crippen LogP contribution in [0.2, 0.25) is 0 Å². The SMILES string of the molecule is CC1C(c2ccc3c(c2)Cc2ccccc2-3)=NC(c2cccc(-c3ccc4c5ccccc5c5ccccc5c4c3)c2)=NC1n1c(-c2ccccc2)nc2ccccc21. The van der Waals surface area contributed by atoms with Gasteiger partial charge in [0.25, 0.3) is 0 Å². The predicted octanol–water partition coefficient (Wildman–Crippen LogP) is 13.5. The van der Waals surface area contributed by atoms with Crippen molar-refractivity contribution in [2.75, 3.05) is 0 Å². The first-order chi connectivity index (χ1) is 29.2. The number of aliphatic imine (C=N–C) groups is 2. The molecule has 1 aromatic heterocycles. The van der Waals surface area contributed by atoms with E-state index in [4.69, 9.17) is 15.0 Å². The van der Waals surface area contributed by atoms with Gasteiger partial charge in [0.15, 0.2) is 5.84 Å². The quantitative estimate of drug-likeness (QED) is 0.161. The summed E-state index contributed by atoms with van der Waals surface area (Å²) in [4.78, 5) is 16.3. The van der Waals surface area contributed by atoms with Gasteiger partial charge in [-0.25, -0.2) is 15.0 Å². The highest BCUT2D eigenvalue weighted by atomic mass is 15.2. The molecular weight excluding hydrogens is 717 g/mol. The van der Waals surface area contributed by atoms with Gasteiger partial charge in [-0.1, -0.05) is 165 Å².